The Labute approximate surface area is 178 Å². The van der Waals surface area contributed by atoms with Gasteiger partial charge in [0, 0.05) is 29.8 Å². The van der Waals surface area contributed by atoms with Gasteiger partial charge < -0.3 is 14.8 Å². The Hall–Kier alpha value is -2.66. The van der Waals surface area contributed by atoms with Crippen molar-refractivity contribution in [1.82, 2.24) is 19.8 Å². The standard InChI is InChI=1S/C24H28N4S/c1-16(2)15-27-23(22(26-24(27)29)21-12-8-9-13-25-21)20-14-17(3)28(18(20)4)19-10-6-5-7-11-19/h5-14,16,22-23H,15H2,1-4H3,(H,26,29)/t22-,23-/m1/s1. The van der Waals surface area contributed by atoms with Gasteiger partial charge in [0.1, 0.15) is 0 Å². The van der Waals surface area contributed by atoms with Crippen LogP contribution in [0, 0.1) is 19.8 Å². The third kappa shape index (κ3) is 3.67. The molecule has 4 rings (SSSR count). The maximum absolute atomic E-state index is 5.77. The van der Waals surface area contributed by atoms with Crippen LogP contribution in [0.15, 0.2) is 60.8 Å². The number of benzene rings is 1. The molecule has 0 unspecified atom stereocenters. The summed E-state index contributed by atoms with van der Waals surface area (Å²) in [7, 11) is 0. The first-order chi connectivity index (χ1) is 14.0. The fourth-order valence-electron chi connectivity index (χ4n) is 4.40. The summed E-state index contributed by atoms with van der Waals surface area (Å²) in [5.41, 5.74) is 5.99. The maximum Gasteiger partial charge on any atom is 0.170 e. The molecule has 1 aliphatic rings. The number of thiocarbonyl (C=S) groups is 1. The minimum Gasteiger partial charge on any atom is -0.352 e. The lowest BCUT2D eigenvalue weighted by atomic mass is 9.96. The summed E-state index contributed by atoms with van der Waals surface area (Å²) in [4.78, 5) is 6.99. The van der Waals surface area contributed by atoms with Crippen LogP contribution in [-0.2, 0) is 0 Å². The van der Waals surface area contributed by atoms with Crippen LogP contribution in [0.25, 0.3) is 5.69 Å². The highest BCUT2D eigenvalue weighted by molar-refractivity contribution is 7.80. The first kappa shape index (κ1) is 19.6. The van der Waals surface area contributed by atoms with Crippen LogP contribution >= 0.6 is 12.2 Å². The van der Waals surface area contributed by atoms with E-state index in [4.69, 9.17) is 12.2 Å². The molecule has 3 aromatic rings. The lowest BCUT2D eigenvalue weighted by Crippen LogP contribution is -2.33. The lowest BCUT2D eigenvalue weighted by Gasteiger charge is -2.29. The van der Waals surface area contributed by atoms with Gasteiger partial charge in [-0.05, 0) is 67.9 Å². The van der Waals surface area contributed by atoms with Gasteiger partial charge in [0.25, 0.3) is 0 Å². The zero-order chi connectivity index (χ0) is 20.5. The van der Waals surface area contributed by atoms with E-state index in [1.165, 1.54) is 22.6 Å². The number of nitrogens with zero attached hydrogens (tertiary/aromatic N) is 3. The molecule has 1 fully saturated rings. The zero-order valence-corrected chi connectivity index (χ0v) is 18.3. The van der Waals surface area contributed by atoms with Gasteiger partial charge in [-0.25, -0.2) is 0 Å². The Morgan fingerprint density at radius 3 is 2.45 bits per heavy atom. The van der Waals surface area contributed by atoms with E-state index in [1.807, 2.05) is 18.3 Å². The van der Waals surface area contributed by atoms with Gasteiger partial charge in [-0.15, -0.1) is 0 Å². The number of hydrogen-bond donors (Lipinski definition) is 1. The fraction of sp³-hybridized carbons (Fsp3) is 0.333. The molecule has 3 heterocycles. The van der Waals surface area contributed by atoms with E-state index >= 15 is 0 Å². The molecular formula is C24H28N4S. The first-order valence-electron chi connectivity index (χ1n) is 10.2. The predicted octanol–water partition coefficient (Wildman–Crippen LogP) is 5.12. The number of pyridine rings is 1. The lowest BCUT2D eigenvalue weighted by molar-refractivity contribution is 0.287. The molecule has 1 aromatic carbocycles. The highest BCUT2D eigenvalue weighted by atomic mass is 32.1. The molecule has 0 saturated carbocycles. The smallest absolute Gasteiger partial charge is 0.170 e. The number of aromatic nitrogens is 2. The SMILES string of the molecule is Cc1cc([C@@H]2[C@@H](c3ccccn3)NC(=S)N2CC(C)C)c(C)n1-c1ccccc1. The molecule has 1 saturated heterocycles. The highest BCUT2D eigenvalue weighted by Crippen LogP contribution is 2.41. The summed E-state index contributed by atoms with van der Waals surface area (Å²) < 4.78 is 2.33. The number of hydrogen-bond acceptors (Lipinski definition) is 2. The molecule has 0 bridgehead atoms. The Morgan fingerprint density at radius 2 is 1.79 bits per heavy atom. The highest BCUT2D eigenvalue weighted by Gasteiger charge is 2.41. The third-order valence-corrected chi connectivity index (χ3v) is 5.92. The average Bonchev–Trinajstić information content (AvgIpc) is 3.18. The van der Waals surface area contributed by atoms with E-state index in [9.17, 15) is 0 Å². The summed E-state index contributed by atoms with van der Waals surface area (Å²) in [5.74, 6) is 0.511. The van der Waals surface area contributed by atoms with E-state index < -0.39 is 0 Å². The van der Waals surface area contributed by atoms with Crippen LogP contribution in [0.1, 0.15) is 48.6 Å². The molecule has 1 N–H and O–H groups in total. The molecule has 0 radical (unpaired) electrons. The minimum absolute atomic E-state index is 0.0344. The van der Waals surface area contributed by atoms with Crippen LogP contribution in [0.4, 0.5) is 0 Å². The minimum atomic E-state index is 0.0344. The molecule has 2 atom stereocenters. The fourth-order valence-corrected chi connectivity index (χ4v) is 4.71. The Balaban J connectivity index is 1.83. The maximum atomic E-state index is 5.77. The summed E-state index contributed by atoms with van der Waals surface area (Å²) in [6.45, 7) is 9.77. The Morgan fingerprint density at radius 1 is 1.07 bits per heavy atom. The average molecular weight is 405 g/mol. The molecule has 1 aliphatic heterocycles. The van der Waals surface area contributed by atoms with Crippen molar-refractivity contribution in [2.24, 2.45) is 5.92 Å². The molecule has 150 valence electrons. The van der Waals surface area contributed by atoms with Gasteiger partial charge in [0.05, 0.1) is 17.8 Å². The number of para-hydroxylation sites is 1. The van der Waals surface area contributed by atoms with Gasteiger partial charge in [0.2, 0.25) is 0 Å². The number of rotatable bonds is 5. The molecule has 0 aliphatic carbocycles. The van der Waals surface area contributed by atoms with Crippen molar-refractivity contribution in [1.29, 1.82) is 0 Å². The normalized spacial score (nSPS) is 19.1. The van der Waals surface area contributed by atoms with Crippen molar-refractivity contribution >= 4 is 17.3 Å². The second kappa shape index (κ2) is 7.99. The van der Waals surface area contributed by atoms with Crippen molar-refractivity contribution < 1.29 is 0 Å². The summed E-state index contributed by atoms with van der Waals surface area (Å²) >= 11 is 5.77. The third-order valence-electron chi connectivity index (χ3n) is 5.56. The van der Waals surface area contributed by atoms with Gasteiger partial charge in [-0.1, -0.05) is 38.1 Å². The van der Waals surface area contributed by atoms with Crippen LogP contribution in [0.5, 0.6) is 0 Å². The van der Waals surface area contributed by atoms with E-state index in [1.54, 1.807) is 0 Å². The monoisotopic (exact) mass is 404 g/mol. The van der Waals surface area contributed by atoms with Crippen molar-refractivity contribution in [2.45, 2.75) is 39.8 Å². The van der Waals surface area contributed by atoms with Crippen LogP contribution in [0.2, 0.25) is 0 Å². The van der Waals surface area contributed by atoms with E-state index in [2.05, 4.69) is 89.9 Å². The van der Waals surface area contributed by atoms with Crippen LogP contribution in [-0.4, -0.2) is 26.1 Å². The van der Waals surface area contributed by atoms with E-state index in [0.29, 0.717) is 5.92 Å². The van der Waals surface area contributed by atoms with E-state index in [-0.39, 0.29) is 12.1 Å². The molecular weight excluding hydrogens is 376 g/mol. The molecule has 0 amide bonds. The van der Waals surface area contributed by atoms with Crippen LogP contribution in [0.3, 0.4) is 0 Å². The molecule has 4 nitrogen and oxygen atoms in total. The summed E-state index contributed by atoms with van der Waals surface area (Å²) in [6.07, 6.45) is 1.86. The quantitative estimate of drug-likeness (QED) is 0.599. The summed E-state index contributed by atoms with van der Waals surface area (Å²) in [5, 5.41) is 4.36. The first-order valence-corrected chi connectivity index (χ1v) is 10.6. The summed E-state index contributed by atoms with van der Waals surface area (Å²) in [6, 6.07) is 19.1. The predicted molar refractivity (Wildman–Crippen MR) is 122 cm³/mol. The topological polar surface area (TPSA) is 33.1 Å². The van der Waals surface area contributed by atoms with Gasteiger partial charge in [-0.2, -0.15) is 0 Å². The van der Waals surface area contributed by atoms with Crippen molar-refractivity contribution in [3.8, 4) is 5.69 Å². The zero-order valence-electron chi connectivity index (χ0n) is 17.5. The molecule has 0 spiro atoms. The van der Waals surface area contributed by atoms with Crippen molar-refractivity contribution in [3.63, 3.8) is 0 Å². The second-order valence-electron chi connectivity index (χ2n) is 8.17. The molecule has 2 aromatic heterocycles. The van der Waals surface area contributed by atoms with Gasteiger partial charge in [0.15, 0.2) is 5.11 Å². The number of nitrogens with one attached hydrogen (secondary N) is 1. The van der Waals surface area contributed by atoms with Crippen LogP contribution < -0.4 is 5.32 Å². The van der Waals surface area contributed by atoms with Crippen molar-refractivity contribution in [3.05, 3.63) is 83.4 Å². The largest absolute Gasteiger partial charge is 0.352 e. The molecule has 29 heavy (non-hydrogen) atoms. The Kier molecular flexibility index (Phi) is 5.41. The Bertz CT molecular complexity index is 994. The molecule has 5 heteroatoms. The van der Waals surface area contributed by atoms with Gasteiger partial charge >= 0.3 is 0 Å². The van der Waals surface area contributed by atoms with E-state index in [0.717, 1.165) is 17.4 Å². The number of aryl methyl sites for hydroxylation is 1. The van der Waals surface area contributed by atoms with Crippen molar-refractivity contribution in [2.75, 3.05) is 6.54 Å². The second-order valence-corrected chi connectivity index (χ2v) is 8.56. The van der Waals surface area contributed by atoms with Gasteiger partial charge in [-0.3, -0.25) is 4.98 Å².